The van der Waals surface area contributed by atoms with Crippen LogP contribution in [0.3, 0.4) is 0 Å². The summed E-state index contributed by atoms with van der Waals surface area (Å²) in [5.74, 6) is -0.862. The number of anilines is 2. The first-order chi connectivity index (χ1) is 13.4. The van der Waals surface area contributed by atoms with E-state index >= 15 is 0 Å². The van der Waals surface area contributed by atoms with Crippen LogP contribution in [0.5, 0.6) is 11.5 Å². The molecule has 142 valence electrons. The van der Waals surface area contributed by atoms with Gasteiger partial charge in [0.25, 0.3) is 5.91 Å². The third-order valence-corrected chi connectivity index (χ3v) is 4.51. The summed E-state index contributed by atoms with van der Waals surface area (Å²) in [5, 5.41) is 29.5. The van der Waals surface area contributed by atoms with E-state index in [0.717, 1.165) is 16.8 Å². The predicted octanol–water partition coefficient (Wildman–Crippen LogP) is 4.26. The molecule has 0 unspecified atom stereocenters. The van der Waals surface area contributed by atoms with Gasteiger partial charge in [0.1, 0.15) is 17.1 Å². The molecule has 0 amide bonds. The molecule has 0 aliphatic rings. The molecule has 0 atom stereocenters. The molecule has 0 saturated heterocycles. The van der Waals surface area contributed by atoms with Crippen LogP contribution < -0.4 is 5.32 Å². The van der Waals surface area contributed by atoms with Gasteiger partial charge in [0.15, 0.2) is 0 Å². The first-order valence-electron chi connectivity index (χ1n) is 8.91. The van der Waals surface area contributed by atoms with E-state index in [9.17, 15) is 15.0 Å². The Balaban J connectivity index is 1.76. The Bertz CT molecular complexity index is 1140. The third kappa shape index (κ3) is 3.18. The number of carbonyl (C=O) groups is 1. The highest BCUT2D eigenvalue weighted by molar-refractivity contribution is 6.06. The maximum absolute atomic E-state index is 13.1. The van der Waals surface area contributed by atoms with Crippen molar-refractivity contribution in [1.82, 2.24) is 14.3 Å². The van der Waals surface area contributed by atoms with Crippen LogP contribution in [-0.4, -0.2) is 30.5 Å². The van der Waals surface area contributed by atoms with Crippen molar-refractivity contribution in [1.29, 1.82) is 0 Å². The van der Waals surface area contributed by atoms with Crippen molar-refractivity contribution in [2.45, 2.75) is 19.9 Å². The summed E-state index contributed by atoms with van der Waals surface area (Å²) in [6.45, 7) is 4.01. The third-order valence-electron chi connectivity index (χ3n) is 4.51. The molecular formula is C21H20N4O3. The Morgan fingerprint density at radius 2 is 1.75 bits per heavy atom. The molecule has 4 rings (SSSR count). The van der Waals surface area contributed by atoms with Gasteiger partial charge in [0.2, 0.25) is 0 Å². The van der Waals surface area contributed by atoms with E-state index in [1.165, 1.54) is 10.6 Å². The molecule has 0 spiro atoms. The summed E-state index contributed by atoms with van der Waals surface area (Å²) in [6.07, 6.45) is 6.85. The SMILES string of the molecule is CC(C)n1cc(Nc2cc(O)cc(O)c2C(=O)n2cc3ccccc3c2)cn1. The van der Waals surface area contributed by atoms with Crippen LogP contribution >= 0.6 is 0 Å². The average molecular weight is 376 g/mol. The number of phenolic OH excluding ortho intramolecular Hbond substituents is 2. The molecule has 7 nitrogen and oxygen atoms in total. The van der Waals surface area contributed by atoms with E-state index in [2.05, 4.69) is 10.4 Å². The normalized spacial score (nSPS) is 11.2. The number of rotatable bonds is 4. The number of nitrogens with zero attached hydrogens (tertiary/aromatic N) is 3. The first kappa shape index (κ1) is 17.7. The van der Waals surface area contributed by atoms with Gasteiger partial charge in [-0.1, -0.05) is 24.3 Å². The topological polar surface area (TPSA) is 92.3 Å². The van der Waals surface area contributed by atoms with Crippen molar-refractivity contribution in [3.05, 3.63) is 66.7 Å². The van der Waals surface area contributed by atoms with E-state index in [1.807, 2.05) is 38.1 Å². The van der Waals surface area contributed by atoms with Crippen molar-refractivity contribution in [2.24, 2.45) is 0 Å². The van der Waals surface area contributed by atoms with E-state index in [1.54, 1.807) is 29.5 Å². The molecule has 4 aromatic rings. The van der Waals surface area contributed by atoms with Crippen LogP contribution in [-0.2, 0) is 0 Å². The van der Waals surface area contributed by atoms with Gasteiger partial charge in [-0.25, -0.2) is 0 Å². The number of hydrogen-bond donors (Lipinski definition) is 3. The van der Waals surface area contributed by atoms with Crippen LogP contribution in [0.4, 0.5) is 11.4 Å². The van der Waals surface area contributed by atoms with Crippen LogP contribution in [0.25, 0.3) is 10.8 Å². The van der Waals surface area contributed by atoms with E-state index < -0.39 is 5.91 Å². The maximum atomic E-state index is 13.1. The Kier molecular flexibility index (Phi) is 4.27. The molecule has 0 fully saturated rings. The van der Waals surface area contributed by atoms with Crippen molar-refractivity contribution >= 4 is 28.1 Å². The summed E-state index contributed by atoms with van der Waals surface area (Å²) < 4.78 is 3.20. The first-order valence-corrected chi connectivity index (χ1v) is 8.91. The second-order valence-electron chi connectivity index (χ2n) is 6.91. The lowest BCUT2D eigenvalue weighted by Gasteiger charge is -2.13. The molecule has 0 aliphatic carbocycles. The Labute approximate surface area is 161 Å². The summed E-state index contributed by atoms with van der Waals surface area (Å²) in [6, 6.07) is 10.4. The molecule has 0 bridgehead atoms. The number of nitrogens with one attached hydrogen (secondary N) is 1. The Morgan fingerprint density at radius 1 is 1.07 bits per heavy atom. The molecule has 28 heavy (non-hydrogen) atoms. The minimum absolute atomic E-state index is 0.0652. The van der Waals surface area contributed by atoms with Crippen LogP contribution in [0.1, 0.15) is 30.2 Å². The molecule has 2 heterocycles. The second kappa shape index (κ2) is 6.77. The number of phenols is 2. The minimum atomic E-state index is -0.410. The summed E-state index contributed by atoms with van der Waals surface area (Å²) in [5.41, 5.74) is 1.00. The Morgan fingerprint density at radius 3 is 2.36 bits per heavy atom. The van der Waals surface area contributed by atoms with E-state index in [-0.39, 0.29) is 23.1 Å². The molecule has 2 aromatic carbocycles. The fourth-order valence-corrected chi connectivity index (χ4v) is 3.11. The highest BCUT2D eigenvalue weighted by Gasteiger charge is 2.20. The lowest BCUT2D eigenvalue weighted by Crippen LogP contribution is -2.12. The average Bonchev–Trinajstić information content (AvgIpc) is 3.27. The second-order valence-corrected chi connectivity index (χ2v) is 6.91. The number of aromatic nitrogens is 3. The van der Waals surface area contributed by atoms with Crippen LogP contribution in [0.15, 0.2) is 61.2 Å². The fourth-order valence-electron chi connectivity index (χ4n) is 3.11. The smallest absolute Gasteiger partial charge is 0.267 e. The van der Waals surface area contributed by atoms with Gasteiger partial charge in [-0.2, -0.15) is 5.10 Å². The summed E-state index contributed by atoms with van der Waals surface area (Å²) in [4.78, 5) is 13.1. The minimum Gasteiger partial charge on any atom is -0.508 e. The molecule has 0 saturated carbocycles. The van der Waals surface area contributed by atoms with Crippen molar-refractivity contribution in [2.75, 3.05) is 5.32 Å². The maximum Gasteiger partial charge on any atom is 0.267 e. The quantitative estimate of drug-likeness (QED) is 0.495. The van der Waals surface area contributed by atoms with Crippen molar-refractivity contribution in [3.63, 3.8) is 0 Å². The summed E-state index contributed by atoms with van der Waals surface area (Å²) in [7, 11) is 0. The summed E-state index contributed by atoms with van der Waals surface area (Å²) >= 11 is 0. The largest absolute Gasteiger partial charge is 0.508 e. The molecule has 0 aliphatic heterocycles. The van der Waals surface area contributed by atoms with Gasteiger partial charge in [0.05, 0.1) is 17.6 Å². The van der Waals surface area contributed by atoms with Gasteiger partial charge >= 0.3 is 0 Å². The number of fused-ring (bicyclic) bond motifs is 1. The van der Waals surface area contributed by atoms with Gasteiger partial charge < -0.3 is 15.5 Å². The zero-order valence-electron chi connectivity index (χ0n) is 15.5. The van der Waals surface area contributed by atoms with Gasteiger partial charge in [-0.05, 0) is 24.6 Å². The van der Waals surface area contributed by atoms with Gasteiger partial charge in [-0.3, -0.25) is 14.0 Å². The molecular weight excluding hydrogens is 356 g/mol. The predicted molar refractivity (Wildman–Crippen MR) is 107 cm³/mol. The lowest BCUT2D eigenvalue weighted by atomic mass is 10.1. The molecule has 0 radical (unpaired) electrons. The number of benzene rings is 2. The van der Waals surface area contributed by atoms with Crippen molar-refractivity contribution < 1.29 is 15.0 Å². The van der Waals surface area contributed by atoms with Gasteiger partial charge in [0, 0.05) is 36.8 Å². The fraction of sp³-hybridized carbons (Fsp3) is 0.143. The highest BCUT2D eigenvalue weighted by Crippen LogP contribution is 2.34. The lowest BCUT2D eigenvalue weighted by molar-refractivity contribution is 0.0959. The number of carbonyl (C=O) groups excluding carboxylic acids is 1. The van der Waals surface area contributed by atoms with E-state index in [0.29, 0.717) is 11.4 Å². The van der Waals surface area contributed by atoms with Crippen LogP contribution in [0.2, 0.25) is 0 Å². The van der Waals surface area contributed by atoms with Gasteiger partial charge in [-0.15, -0.1) is 0 Å². The monoisotopic (exact) mass is 376 g/mol. The number of hydrogen-bond acceptors (Lipinski definition) is 5. The zero-order chi connectivity index (χ0) is 19.8. The molecule has 3 N–H and O–H groups in total. The Hall–Kier alpha value is -3.74. The van der Waals surface area contributed by atoms with E-state index in [4.69, 9.17) is 0 Å². The molecule has 7 heteroatoms. The zero-order valence-corrected chi connectivity index (χ0v) is 15.5. The standard InChI is InChI=1S/C21H20N4O3/c1-13(2)25-12-16(9-22-25)23-18-7-17(26)8-19(27)20(18)21(28)24-10-14-5-3-4-6-15(14)11-24/h3-13,23,26-27H,1-2H3. The van der Waals surface area contributed by atoms with Crippen molar-refractivity contribution in [3.8, 4) is 11.5 Å². The number of aromatic hydroxyl groups is 2. The molecule has 2 aromatic heterocycles. The highest BCUT2D eigenvalue weighted by atomic mass is 16.3. The van der Waals surface area contributed by atoms with Crippen LogP contribution in [0, 0.1) is 0 Å².